The van der Waals surface area contributed by atoms with Crippen molar-refractivity contribution in [3.8, 4) is 0 Å². The minimum atomic E-state index is 0.0247. The van der Waals surface area contributed by atoms with E-state index in [1.165, 1.54) is 6.33 Å². The summed E-state index contributed by atoms with van der Waals surface area (Å²) in [4.78, 5) is 15.6. The van der Waals surface area contributed by atoms with Crippen LogP contribution in [0.25, 0.3) is 0 Å². The van der Waals surface area contributed by atoms with E-state index in [-0.39, 0.29) is 11.7 Å². The van der Waals surface area contributed by atoms with Crippen LogP contribution in [0.4, 0.5) is 0 Å². The van der Waals surface area contributed by atoms with Crippen LogP contribution in [0.3, 0.4) is 0 Å². The highest BCUT2D eigenvalue weighted by molar-refractivity contribution is 5.82. The lowest BCUT2D eigenvalue weighted by atomic mass is 10.0. The third-order valence-electron chi connectivity index (χ3n) is 2.20. The Balaban J connectivity index is 2.53. The molecule has 0 bridgehead atoms. The first-order chi connectivity index (χ1) is 6.65. The Bertz CT molecular complexity index is 308. The van der Waals surface area contributed by atoms with E-state index in [0.717, 1.165) is 5.82 Å². The van der Waals surface area contributed by atoms with Gasteiger partial charge in [-0.3, -0.25) is 9.48 Å². The van der Waals surface area contributed by atoms with Gasteiger partial charge < -0.3 is 5.32 Å². The minimum Gasteiger partial charge on any atom is -0.319 e. The summed E-state index contributed by atoms with van der Waals surface area (Å²) in [7, 11) is 3.63. The topological polar surface area (TPSA) is 59.8 Å². The van der Waals surface area contributed by atoms with Crippen molar-refractivity contribution >= 4 is 5.78 Å². The number of aryl methyl sites for hydroxylation is 1. The zero-order valence-corrected chi connectivity index (χ0v) is 8.82. The number of ketones is 1. The Labute approximate surface area is 83.5 Å². The number of carbonyl (C=O) groups is 1. The molecule has 0 radical (unpaired) electrons. The second-order valence-corrected chi connectivity index (χ2v) is 3.40. The number of hydrogen-bond donors (Lipinski definition) is 1. The molecule has 5 nitrogen and oxygen atoms in total. The van der Waals surface area contributed by atoms with Gasteiger partial charge in [-0.15, -0.1) is 0 Å². The van der Waals surface area contributed by atoms with Crippen LogP contribution < -0.4 is 5.32 Å². The lowest BCUT2D eigenvalue weighted by Crippen LogP contribution is -2.25. The molecule has 0 spiro atoms. The third kappa shape index (κ3) is 2.63. The lowest BCUT2D eigenvalue weighted by molar-refractivity contribution is -0.121. The van der Waals surface area contributed by atoms with Gasteiger partial charge >= 0.3 is 0 Å². The van der Waals surface area contributed by atoms with Crippen LogP contribution in [0, 0.1) is 5.92 Å². The summed E-state index contributed by atoms with van der Waals surface area (Å²) in [6, 6.07) is 0. The molecule has 1 heterocycles. The number of rotatable bonds is 5. The van der Waals surface area contributed by atoms with Crippen LogP contribution in [0.5, 0.6) is 0 Å². The quantitative estimate of drug-likeness (QED) is 0.707. The fraction of sp³-hybridized carbons (Fsp3) is 0.667. The van der Waals surface area contributed by atoms with Crippen molar-refractivity contribution < 1.29 is 4.79 Å². The van der Waals surface area contributed by atoms with Gasteiger partial charge in [-0.05, 0) is 7.05 Å². The molecule has 1 atom stereocenters. The van der Waals surface area contributed by atoms with Gasteiger partial charge in [-0.1, -0.05) is 6.92 Å². The molecule has 1 unspecified atom stereocenters. The van der Waals surface area contributed by atoms with Gasteiger partial charge in [0.15, 0.2) is 0 Å². The van der Waals surface area contributed by atoms with E-state index in [9.17, 15) is 4.79 Å². The molecule has 5 heteroatoms. The van der Waals surface area contributed by atoms with Crippen molar-refractivity contribution in [2.24, 2.45) is 13.0 Å². The van der Waals surface area contributed by atoms with Crippen molar-refractivity contribution in [1.29, 1.82) is 0 Å². The number of hydrogen-bond acceptors (Lipinski definition) is 4. The SMILES string of the molecule is CNCC(C)C(=O)Cc1ncnn1C. The van der Waals surface area contributed by atoms with E-state index < -0.39 is 0 Å². The Kier molecular flexibility index (Phi) is 3.76. The van der Waals surface area contributed by atoms with Crippen LogP contribution in [0.2, 0.25) is 0 Å². The van der Waals surface area contributed by atoms with Crippen LogP contribution in [-0.4, -0.2) is 34.1 Å². The standard InChI is InChI=1S/C9H16N4O/c1-7(5-10-2)8(14)4-9-11-6-12-13(9)3/h6-7,10H,4-5H2,1-3H3. The van der Waals surface area contributed by atoms with Crippen molar-refractivity contribution in [2.45, 2.75) is 13.3 Å². The number of Topliss-reactive ketones (excluding diaryl/α,β-unsaturated/α-hetero) is 1. The molecule has 1 aromatic heterocycles. The van der Waals surface area contributed by atoms with Gasteiger partial charge in [0, 0.05) is 19.5 Å². The van der Waals surface area contributed by atoms with Crippen molar-refractivity contribution in [3.63, 3.8) is 0 Å². The normalized spacial score (nSPS) is 12.8. The smallest absolute Gasteiger partial charge is 0.144 e. The predicted molar refractivity (Wildman–Crippen MR) is 52.8 cm³/mol. The highest BCUT2D eigenvalue weighted by Gasteiger charge is 2.14. The van der Waals surface area contributed by atoms with E-state index >= 15 is 0 Å². The largest absolute Gasteiger partial charge is 0.319 e. The average Bonchev–Trinajstić information content (AvgIpc) is 2.52. The predicted octanol–water partition coefficient (Wildman–Crippen LogP) is -0.218. The van der Waals surface area contributed by atoms with Crippen molar-refractivity contribution in [1.82, 2.24) is 20.1 Å². The second-order valence-electron chi connectivity index (χ2n) is 3.40. The summed E-state index contributed by atoms with van der Waals surface area (Å²) in [6.45, 7) is 2.62. The summed E-state index contributed by atoms with van der Waals surface area (Å²) in [5.74, 6) is 0.935. The number of nitrogens with one attached hydrogen (secondary N) is 1. The van der Waals surface area contributed by atoms with Gasteiger partial charge in [0.1, 0.15) is 17.9 Å². The molecule has 1 rings (SSSR count). The molecule has 0 aliphatic rings. The van der Waals surface area contributed by atoms with E-state index in [1.54, 1.807) is 11.7 Å². The Hall–Kier alpha value is -1.23. The lowest BCUT2D eigenvalue weighted by Gasteiger charge is -2.08. The minimum absolute atomic E-state index is 0.0247. The number of nitrogens with zero attached hydrogens (tertiary/aromatic N) is 3. The molecule has 1 N–H and O–H groups in total. The first-order valence-electron chi connectivity index (χ1n) is 4.65. The molecular formula is C9H16N4O. The van der Waals surface area contributed by atoms with Crippen LogP contribution in [0.1, 0.15) is 12.7 Å². The summed E-state index contributed by atoms with van der Waals surface area (Å²) in [5.41, 5.74) is 0. The molecule has 0 aromatic carbocycles. The van der Waals surface area contributed by atoms with E-state index in [4.69, 9.17) is 0 Å². The van der Waals surface area contributed by atoms with Gasteiger partial charge in [-0.25, -0.2) is 4.98 Å². The Morgan fingerprint density at radius 2 is 2.43 bits per heavy atom. The van der Waals surface area contributed by atoms with Crippen molar-refractivity contribution in [2.75, 3.05) is 13.6 Å². The van der Waals surface area contributed by atoms with Crippen LogP contribution in [-0.2, 0) is 18.3 Å². The van der Waals surface area contributed by atoms with Gasteiger partial charge in [-0.2, -0.15) is 5.10 Å². The van der Waals surface area contributed by atoms with E-state index in [0.29, 0.717) is 13.0 Å². The third-order valence-corrected chi connectivity index (χ3v) is 2.20. The Morgan fingerprint density at radius 1 is 1.71 bits per heavy atom. The summed E-state index contributed by atoms with van der Waals surface area (Å²) >= 11 is 0. The molecule has 14 heavy (non-hydrogen) atoms. The average molecular weight is 196 g/mol. The van der Waals surface area contributed by atoms with E-state index in [2.05, 4.69) is 15.4 Å². The maximum Gasteiger partial charge on any atom is 0.144 e. The monoisotopic (exact) mass is 196 g/mol. The van der Waals surface area contributed by atoms with Crippen molar-refractivity contribution in [3.05, 3.63) is 12.2 Å². The summed E-state index contributed by atoms with van der Waals surface area (Å²) < 4.78 is 1.63. The molecule has 0 amide bonds. The first-order valence-corrected chi connectivity index (χ1v) is 4.65. The van der Waals surface area contributed by atoms with Crippen LogP contribution in [0.15, 0.2) is 6.33 Å². The van der Waals surface area contributed by atoms with E-state index in [1.807, 2.05) is 14.0 Å². The molecular weight excluding hydrogens is 180 g/mol. The molecule has 0 fully saturated rings. The summed E-state index contributed by atoms with van der Waals surface area (Å²) in [5, 5.41) is 6.89. The van der Waals surface area contributed by atoms with Gasteiger partial charge in [0.05, 0.1) is 6.42 Å². The number of aromatic nitrogens is 3. The maximum atomic E-state index is 11.6. The van der Waals surface area contributed by atoms with Crippen LogP contribution >= 0.6 is 0 Å². The fourth-order valence-corrected chi connectivity index (χ4v) is 1.23. The zero-order valence-electron chi connectivity index (χ0n) is 8.82. The highest BCUT2D eigenvalue weighted by atomic mass is 16.1. The summed E-state index contributed by atoms with van der Waals surface area (Å²) in [6.07, 6.45) is 1.82. The molecule has 0 saturated heterocycles. The Morgan fingerprint density at radius 3 is 2.93 bits per heavy atom. The van der Waals surface area contributed by atoms with Gasteiger partial charge in [0.25, 0.3) is 0 Å². The fourth-order valence-electron chi connectivity index (χ4n) is 1.23. The van der Waals surface area contributed by atoms with Gasteiger partial charge in [0.2, 0.25) is 0 Å². The molecule has 0 aliphatic heterocycles. The molecule has 0 saturated carbocycles. The highest BCUT2D eigenvalue weighted by Crippen LogP contribution is 2.01. The second kappa shape index (κ2) is 4.85. The molecule has 78 valence electrons. The molecule has 1 aromatic rings. The number of carbonyl (C=O) groups excluding carboxylic acids is 1. The molecule has 0 aliphatic carbocycles. The first kappa shape index (κ1) is 10.8. The maximum absolute atomic E-state index is 11.6. The zero-order chi connectivity index (χ0) is 10.6.